The monoisotopic (exact) mass is 214 g/mol. The summed E-state index contributed by atoms with van der Waals surface area (Å²) in [6.45, 7) is 1.05. The molecule has 4 heteroatoms. The van der Waals surface area contributed by atoms with E-state index in [9.17, 15) is 0 Å². The van der Waals surface area contributed by atoms with E-state index in [4.69, 9.17) is 0 Å². The molecule has 1 fully saturated rings. The number of rotatable bonds is 3. The first-order valence-electron chi connectivity index (χ1n) is 5.70. The van der Waals surface area contributed by atoms with Crippen LogP contribution >= 0.6 is 0 Å². The van der Waals surface area contributed by atoms with Gasteiger partial charge in [-0.25, -0.2) is 9.97 Å². The van der Waals surface area contributed by atoms with Crippen LogP contribution in [0.3, 0.4) is 0 Å². The van der Waals surface area contributed by atoms with Gasteiger partial charge in [-0.05, 0) is 24.8 Å². The zero-order valence-electron chi connectivity index (χ0n) is 9.08. The van der Waals surface area contributed by atoms with E-state index in [1.165, 1.54) is 19.3 Å². The molecular formula is C12H14N4. The van der Waals surface area contributed by atoms with Crippen LogP contribution in [-0.2, 0) is 6.54 Å². The topological polar surface area (TPSA) is 43.6 Å². The maximum Gasteiger partial charge on any atom is 0.116 e. The summed E-state index contributed by atoms with van der Waals surface area (Å²) in [5.74, 6) is 0.832. The first-order valence-corrected chi connectivity index (χ1v) is 5.70. The molecule has 1 saturated carbocycles. The second-order valence-corrected chi connectivity index (χ2v) is 4.34. The highest BCUT2D eigenvalue weighted by atomic mass is 15.3. The molecule has 2 aromatic heterocycles. The van der Waals surface area contributed by atoms with Crippen molar-refractivity contribution >= 4 is 0 Å². The number of hydrogen-bond acceptors (Lipinski definition) is 3. The number of nitrogens with zero attached hydrogens (tertiary/aromatic N) is 4. The first kappa shape index (κ1) is 9.51. The summed E-state index contributed by atoms with van der Waals surface area (Å²) >= 11 is 0. The first-order chi connectivity index (χ1) is 7.92. The van der Waals surface area contributed by atoms with E-state index in [0.29, 0.717) is 0 Å². The van der Waals surface area contributed by atoms with Crippen LogP contribution in [0, 0.1) is 5.92 Å². The van der Waals surface area contributed by atoms with Gasteiger partial charge < -0.3 is 0 Å². The van der Waals surface area contributed by atoms with E-state index < -0.39 is 0 Å². The van der Waals surface area contributed by atoms with Gasteiger partial charge in [0.1, 0.15) is 6.33 Å². The summed E-state index contributed by atoms with van der Waals surface area (Å²) in [6, 6.07) is 1.91. The van der Waals surface area contributed by atoms with Crippen LogP contribution in [0.1, 0.15) is 19.3 Å². The van der Waals surface area contributed by atoms with Crippen LogP contribution in [0.5, 0.6) is 0 Å². The molecule has 0 amide bonds. The maximum absolute atomic E-state index is 4.37. The van der Waals surface area contributed by atoms with E-state index in [0.717, 1.165) is 23.7 Å². The second kappa shape index (κ2) is 4.04. The van der Waals surface area contributed by atoms with Crippen molar-refractivity contribution in [3.63, 3.8) is 0 Å². The maximum atomic E-state index is 4.37. The molecule has 3 rings (SSSR count). The third-order valence-electron chi connectivity index (χ3n) is 3.18. The van der Waals surface area contributed by atoms with Crippen LogP contribution in [0.2, 0.25) is 0 Å². The predicted octanol–water partition coefficient (Wildman–Crippen LogP) is 2.14. The third-order valence-corrected chi connectivity index (χ3v) is 3.18. The standard InChI is InChI=1S/C12H14N4/c1-2-10(3-1)7-16-8-11(6-15-16)12-4-5-13-9-14-12/h4-6,8-10H,1-3,7H2. The Kier molecular flexibility index (Phi) is 2.40. The smallest absolute Gasteiger partial charge is 0.116 e. The van der Waals surface area contributed by atoms with Gasteiger partial charge in [0.25, 0.3) is 0 Å². The Balaban J connectivity index is 1.77. The van der Waals surface area contributed by atoms with Gasteiger partial charge in [0, 0.05) is 24.5 Å². The van der Waals surface area contributed by atoms with Gasteiger partial charge in [-0.2, -0.15) is 5.10 Å². The zero-order chi connectivity index (χ0) is 10.8. The summed E-state index contributed by atoms with van der Waals surface area (Å²) in [5, 5.41) is 4.37. The van der Waals surface area contributed by atoms with Crippen molar-refractivity contribution in [3.05, 3.63) is 31.0 Å². The Morgan fingerprint density at radius 1 is 1.38 bits per heavy atom. The van der Waals surface area contributed by atoms with E-state index in [-0.39, 0.29) is 0 Å². The molecule has 1 aliphatic rings. The fourth-order valence-corrected chi connectivity index (χ4v) is 2.00. The Hall–Kier alpha value is -1.71. The molecule has 4 nitrogen and oxygen atoms in total. The van der Waals surface area contributed by atoms with E-state index >= 15 is 0 Å². The molecule has 0 bridgehead atoms. The van der Waals surface area contributed by atoms with Crippen LogP contribution in [-0.4, -0.2) is 19.7 Å². The van der Waals surface area contributed by atoms with Crippen LogP contribution in [0.25, 0.3) is 11.3 Å². The SMILES string of the molecule is c1cc(-c2cnn(CC3CCC3)c2)ncn1. The lowest BCUT2D eigenvalue weighted by atomic mass is 9.85. The molecule has 0 saturated heterocycles. The number of hydrogen-bond donors (Lipinski definition) is 0. The van der Waals surface area contributed by atoms with Crippen molar-refractivity contribution in [2.75, 3.05) is 0 Å². The third kappa shape index (κ3) is 1.83. The van der Waals surface area contributed by atoms with E-state index in [1.807, 2.05) is 16.9 Å². The lowest BCUT2D eigenvalue weighted by molar-refractivity contribution is 0.266. The Bertz CT molecular complexity index is 459. The Labute approximate surface area is 94.4 Å². The average molecular weight is 214 g/mol. The Morgan fingerprint density at radius 3 is 3.00 bits per heavy atom. The summed E-state index contributed by atoms with van der Waals surface area (Å²) in [7, 11) is 0. The average Bonchev–Trinajstić information content (AvgIpc) is 2.73. The van der Waals surface area contributed by atoms with Gasteiger partial charge in [-0.1, -0.05) is 6.42 Å². The molecule has 82 valence electrons. The molecule has 2 aromatic rings. The predicted molar refractivity (Wildman–Crippen MR) is 60.6 cm³/mol. The molecule has 0 unspecified atom stereocenters. The van der Waals surface area contributed by atoms with Crippen LogP contribution < -0.4 is 0 Å². The highest BCUT2D eigenvalue weighted by Crippen LogP contribution is 2.28. The van der Waals surface area contributed by atoms with E-state index in [1.54, 1.807) is 12.5 Å². The van der Waals surface area contributed by atoms with Crippen molar-refractivity contribution in [2.24, 2.45) is 5.92 Å². The quantitative estimate of drug-likeness (QED) is 0.786. The highest BCUT2D eigenvalue weighted by Gasteiger charge is 2.18. The van der Waals surface area contributed by atoms with Crippen molar-refractivity contribution in [1.82, 2.24) is 19.7 Å². The normalized spacial score (nSPS) is 16.0. The molecule has 16 heavy (non-hydrogen) atoms. The molecular weight excluding hydrogens is 200 g/mol. The van der Waals surface area contributed by atoms with Crippen LogP contribution in [0.4, 0.5) is 0 Å². The molecule has 0 aromatic carbocycles. The molecule has 0 atom stereocenters. The van der Waals surface area contributed by atoms with Crippen molar-refractivity contribution in [1.29, 1.82) is 0 Å². The second-order valence-electron chi connectivity index (χ2n) is 4.34. The van der Waals surface area contributed by atoms with Crippen LogP contribution in [0.15, 0.2) is 31.0 Å². The highest BCUT2D eigenvalue weighted by molar-refractivity contribution is 5.55. The fourth-order valence-electron chi connectivity index (χ4n) is 2.00. The molecule has 0 spiro atoms. The summed E-state index contributed by atoms with van der Waals surface area (Å²) in [5.41, 5.74) is 2.01. The van der Waals surface area contributed by atoms with Gasteiger partial charge in [0.15, 0.2) is 0 Å². The van der Waals surface area contributed by atoms with Gasteiger partial charge >= 0.3 is 0 Å². The van der Waals surface area contributed by atoms with Gasteiger partial charge in [-0.15, -0.1) is 0 Å². The van der Waals surface area contributed by atoms with Crippen molar-refractivity contribution in [3.8, 4) is 11.3 Å². The van der Waals surface area contributed by atoms with Crippen molar-refractivity contribution < 1.29 is 0 Å². The van der Waals surface area contributed by atoms with Gasteiger partial charge in [-0.3, -0.25) is 4.68 Å². The molecule has 0 aliphatic heterocycles. The minimum absolute atomic E-state index is 0.832. The molecule has 0 radical (unpaired) electrons. The van der Waals surface area contributed by atoms with Crippen molar-refractivity contribution in [2.45, 2.75) is 25.8 Å². The largest absolute Gasteiger partial charge is 0.272 e. The number of aromatic nitrogens is 4. The molecule has 1 aliphatic carbocycles. The minimum atomic E-state index is 0.832. The molecule has 0 N–H and O–H groups in total. The summed E-state index contributed by atoms with van der Waals surface area (Å²) < 4.78 is 2.03. The summed E-state index contributed by atoms with van der Waals surface area (Å²) in [6.07, 6.45) is 11.3. The Morgan fingerprint density at radius 2 is 2.31 bits per heavy atom. The zero-order valence-corrected chi connectivity index (χ0v) is 9.08. The lowest BCUT2D eigenvalue weighted by Gasteiger charge is -2.24. The summed E-state index contributed by atoms with van der Waals surface area (Å²) in [4.78, 5) is 8.12. The van der Waals surface area contributed by atoms with Gasteiger partial charge in [0.2, 0.25) is 0 Å². The fraction of sp³-hybridized carbons (Fsp3) is 0.417. The van der Waals surface area contributed by atoms with E-state index in [2.05, 4.69) is 21.3 Å². The lowest BCUT2D eigenvalue weighted by Crippen LogP contribution is -2.18. The minimum Gasteiger partial charge on any atom is -0.272 e. The van der Waals surface area contributed by atoms with Gasteiger partial charge in [0.05, 0.1) is 11.9 Å². The molecule has 2 heterocycles.